The molecule has 6 nitrogen and oxygen atoms in total. The Morgan fingerprint density at radius 2 is 1.64 bits per heavy atom. The average Bonchev–Trinajstić information content (AvgIpc) is 3.22. The van der Waals surface area contributed by atoms with E-state index in [-0.39, 0.29) is 0 Å². The zero-order chi connectivity index (χ0) is 23.0. The summed E-state index contributed by atoms with van der Waals surface area (Å²) in [5.41, 5.74) is 6.54. The quantitative estimate of drug-likeness (QED) is 0.495. The van der Waals surface area contributed by atoms with Crippen LogP contribution < -0.4 is 14.9 Å². The van der Waals surface area contributed by atoms with Gasteiger partial charge in [0.2, 0.25) is 0 Å². The molecule has 2 N–H and O–H groups in total. The minimum absolute atomic E-state index is 0.972. The van der Waals surface area contributed by atoms with Gasteiger partial charge in [0.1, 0.15) is 0 Å². The summed E-state index contributed by atoms with van der Waals surface area (Å²) in [7, 11) is 0. The Bertz CT molecular complexity index is 1160. The van der Waals surface area contributed by atoms with E-state index in [9.17, 15) is 0 Å². The highest BCUT2D eigenvalue weighted by Crippen LogP contribution is 2.30. The van der Waals surface area contributed by atoms with Crippen LogP contribution in [-0.2, 0) is 11.2 Å². The molecule has 1 saturated heterocycles. The summed E-state index contributed by atoms with van der Waals surface area (Å²) in [6, 6.07) is 23.7. The number of fused-ring (bicyclic) bond motifs is 1. The number of anilines is 1. The number of carboxylic acids is 1. The van der Waals surface area contributed by atoms with Gasteiger partial charge in [-0.1, -0.05) is 48.5 Å². The lowest BCUT2D eigenvalue weighted by molar-refractivity contribution is -0.900. The fourth-order valence-electron chi connectivity index (χ4n) is 4.50. The van der Waals surface area contributed by atoms with Crippen LogP contribution in [0.5, 0.6) is 0 Å². The molecule has 0 atom stereocenters. The number of quaternary nitrogens is 1. The highest BCUT2D eigenvalue weighted by Gasteiger charge is 2.21. The second-order valence-electron chi connectivity index (χ2n) is 8.32. The molecule has 4 aromatic rings. The molecule has 0 bridgehead atoms. The van der Waals surface area contributed by atoms with Crippen LogP contribution in [0.3, 0.4) is 0 Å². The number of para-hydroxylation sites is 1. The number of H-pyrrole nitrogens is 1. The maximum atomic E-state index is 8.89. The Morgan fingerprint density at radius 1 is 1.00 bits per heavy atom. The number of carbonyl (C=O) groups excluding carboxylic acids is 1. The van der Waals surface area contributed by atoms with Gasteiger partial charge in [-0.2, -0.15) is 0 Å². The molecule has 6 heteroatoms. The van der Waals surface area contributed by atoms with Crippen LogP contribution in [0, 0.1) is 0 Å². The molecule has 1 aliphatic heterocycles. The number of aromatic amines is 1. The van der Waals surface area contributed by atoms with Crippen molar-refractivity contribution in [1.29, 1.82) is 0 Å². The van der Waals surface area contributed by atoms with Crippen LogP contribution >= 0.6 is 0 Å². The van der Waals surface area contributed by atoms with E-state index in [0.29, 0.717) is 0 Å². The van der Waals surface area contributed by atoms with E-state index in [2.05, 4.69) is 81.6 Å². The highest BCUT2D eigenvalue weighted by atomic mass is 16.4. The number of carbonyl (C=O) groups is 1. The average molecular weight is 443 g/mol. The molecule has 3 heterocycles. The first-order chi connectivity index (χ1) is 16.1. The van der Waals surface area contributed by atoms with Crippen LogP contribution in [-0.4, -0.2) is 48.7 Å². The van der Waals surface area contributed by atoms with E-state index < -0.39 is 5.97 Å². The van der Waals surface area contributed by atoms with Crippen molar-refractivity contribution in [1.82, 2.24) is 9.97 Å². The van der Waals surface area contributed by atoms with E-state index in [0.717, 1.165) is 26.4 Å². The predicted octanol–water partition coefficient (Wildman–Crippen LogP) is 1.93. The van der Waals surface area contributed by atoms with Gasteiger partial charge >= 0.3 is 0 Å². The Labute approximate surface area is 194 Å². The van der Waals surface area contributed by atoms with E-state index in [1.54, 1.807) is 4.90 Å². The fourth-order valence-corrected chi connectivity index (χ4v) is 4.50. The molecular weight excluding hydrogens is 412 g/mol. The lowest BCUT2D eigenvalue weighted by Gasteiger charge is -2.33. The van der Waals surface area contributed by atoms with Crippen LogP contribution in [0.1, 0.15) is 12.5 Å². The van der Waals surface area contributed by atoms with Gasteiger partial charge in [-0.05, 0) is 36.2 Å². The molecule has 170 valence electrons. The van der Waals surface area contributed by atoms with Crippen molar-refractivity contribution >= 4 is 22.6 Å². The van der Waals surface area contributed by atoms with E-state index in [4.69, 9.17) is 9.90 Å². The minimum Gasteiger partial charge on any atom is -0.550 e. The Kier molecular flexibility index (Phi) is 7.37. The second kappa shape index (κ2) is 10.8. The third kappa shape index (κ3) is 5.79. The first kappa shape index (κ1) is 22.6. The third-order valence-corrected chi connectivity index (χ3v) is 6.10. The van der Waals surface area contributed by atoms with E-state index in [1.807, 2.05) is 12.4 Å². The summed E-state index contributed by atoms with van der Waals surface area (Å²) >= 11 is 0. The molecule has 2 aromatic heterocycles. The first-order valence-corrected chi connectivity index (χ1v) is 11.4. The lowest BCUT2D eigenvalue weighted by atomic mass is 10.0. The number of hydrogen-bond donors (Lipinski definition) is 2. The molecule has 0 amide bonds. The summed E-state index contributed by atoms with van der Waals surface area (Å²) in [6.07, 6.45) is 4.87. The van der Waals surface area contributed by atoms with Crippen molar-refractivity contribution in [2.45, 2.75) is 13.3 Å². The van der Waals surface area contributed by atoms with Crippen LogP contribution in [0.25, 0.3) is 22.2 Å². The van der Waals surface area contributed by atoms with Gasteiger partial charge in [0.15, 0.2) is 0 Å². The number of aromatic nitrogens is 2. The van der Waals surface area contributed by atoms with E-state index >= 15 is 0 Å². The maximum Gasteiger partial charge on any atom is 0.0949 e. The largest absolute Gasteiger partial charge is 0.550 e. The molecule has 0 radical (unpaired) electrons. The molecule has 0 unspecified atom stereocenters. The Morgan fingerprint density at radius 3 is 2.33 bits per heavy atom. The molecule has 2 aromatic carbocycles. The summed E-state index contributed by atoms with van der Waals surface area (Å²) in [4.78, 5) is 20.9. The zero-order valence-corrected chi connectivity index (χ0v) is 19.0. The van der Waals surface area contributed by atoms with Gasteiger partial charge in [0.25, 0.3) is 0 Å². The molecule has 33 heavy (non-hydrogen) atoms. The lowest BCUT2D eigenvalue weighted by Crippen LogP contribution is -3.15. The van der Waals surface area contributed by atoms with Gasteiger partial charge in [-0.25, -0.2) is 0 Å². The minimum atomic E-state index is -1.08. The first-order valence-electron chi connectivity index (χ1n) is 11.4. The van der Waals surface area contributed by atoms with Gasteiger partial charge in [-0.3, -0.25) is 4.98 Å². The third-order valence-electron chi connectivity index (χ3n) is 6.10. The second-order valence-corrected chi connectivity index (χ2v) is 8.32. The number of hydrogen-bond acceptors (Lipinski definition) is 4. The topological polar surface area (TPSA) is 76.5 Å². The van der Waals surface area contributed by atoms with Crippen LogP contribution in [0.2, 0.25) is 0 Å². The summed E-state index contributed by atoms with van der Waals surface area (Å²) in [6.45, 7) is 6.74. The number of aliphatic carboxylic acids is 1. The van der Waals surface area contributed by atoms with Crippen LogP contribution in [0.15, 0.2) is 79.1 Å². The van der Waals surface area contributed by atoms with Crippen molar-refractivity contribution in [3.63, 3.8) is 0 Å². The number of nitrogens with zero attached hydrogens (tertiary/aromatic N) is 2. The molecule has 0 saturated carbocycles. The SMILES string of the molecule is CC(=O)[O-].c1ccc(-c2[nH]c3ccccc3c2CC[NH+]2CCN(c3ccncc3)CC2)cc1. The number of carboxylic acid groups (broad SMARTS) is 1. The molecule has 0 spiro atoms. The molecular formula is C27H30N4O2. The number of rotatable bonds is 5. The zero-order valence-electron chi connectivity index (χ0n) is 19.0. The highest BCUT2D eigenvalue weighted by molar-refractivity contribution is 5.90. The normalized spacial score (nSPS) is 14.0. The molecule has 1 fully saturated rings. The molecule has 0 aliphatic carbocycles. The van der Waals surface area contributed by atoms with Gasteiger partial charge in [0.05, 0.1) is 32.7 Å². The summed E-state index contributed by atoms with van der Waals surface area (Å²) < 4.78 is 0. The van der Waals surface area contributed by atoms with Gasteiger partial charge in [-0.15, -0.1) is 0 Å². The fraction of sp³-hybridized carbons (Fsp3) is 0.259. The van der Waals surface area contributed by atoms with E-state index in [1.165, 1.54) is 53.0 Å². The molecule has 1 aliphatic rings. The van der Waals surface area contributed by atoms with Gasteiger partial charge < -0.3 is 24.7 Å². The monoisotopic (exact) mass is 442 g/mol. The van der Waals surface area contributed by atoms with Crippen molar-refractivity contribution in [2.75, 3.05) is 37.6 Å². The molecule has 5 rings (SSSR count). The smallest absolute Gasteiger partial charge is 0.0949 e. The van der Waals surface area contributed by atoms with Crippen molar-refractivity contribution in [2.24, 2.45) is 0 Å². The standard InChI is InChI=1S/C25H26N4.C2H4O2/c1-2-6-20(7-3-1)25-23(22-8-4-5-9-24(22)27-25)12-15-28-16-18-29(19-17-28)21-10-13-26-14-11-21;1-2(3)4/h1-11,13-14,27H,12,15-19H2;1H3,(H,3,4). The van der Waals surface area contributed by atoms with Crippen molar-refractivity contribution < 1.29 is 14.8 Å². The summed E-state index contributed by atoms with van der Waals surface area (Å²) in [5.74, 6) is -1.08. The van der Waals surface area contributed by atoms with Crippen molar-refractivity contribution in [3.05, 3.63) is 84.7 Å². The van der Waals surface area contributed by atoms with Crippen LogP contribution in [0.4, 0.5) is 5.69 Å². The Hall–Kier alpha value is -3.64. The summed E-state index contributed by atoms with van der Waals surface area (Å²) in [5, 5.41) is 10.3. The van der Waals surface area contributed by atoms with Gasteiger partial charge in [0, 0.05) is 47.1 Å². The number of benzene rings is 2. The maximum absolute atomic E-state index is 8.89. The predicted molar refractivity (Wildman–Crippen MR) is 130 cm³/mol. The Balaban J connectivity index is 0.000000601. The number of piperazine rings is 1. The number of pyridine rings is 1. The van der Waals surface area contributed by atoms with Crippen molar-refractivity contribution in [3.8, 4) is 11.3 Å². The number of nitrogens with one attached hydrogen (secondary N) is 2.